The van der Waals surface area contributed by atoms with Gasteiger partial charge >= 0.3 is 11.8 Å². The number of hydrogen-bond donors (Lipinski definition) is 1. The Morgan fingerprint density at radius 2 is 1.89 bits per heavy atom. The number of nitrogens with one attached hydrogen (secondary N) is 1. The molecule has 1 aromatic rings. The van der Waals surface area contributed by atoms with Crippen LogP contribution in [0.25, 0.3) is 0 Å². The normalized spacial score (nSPS) is 16.1. The molecule has 1 saturated heterocycles. The molecule has 1 aromatic heterocycles. The van der Waals surface area contributed by atoms with Crippen molar-refractivity contribution in [2.75, 3.05) is 32.0 Å². The monoisotopic (exact) mass is 283 g/mol. The minimum Gasteiger partial charge on any atom is -0.363 e. The molecule has 2 rings (SSSR count). The zero-order valence-corrected chi connectivity index (χ0v) is 11.9. The molecule has 0 radical (unpaired) electrons. The first-order valence-electron chi connectivity index (χ1n) is 6.24. The number of carbonyl (C=O) groups excluding carboxylic acids is 2. The Kier molecular flexibility index (Phi) is 4.31. The van der Waals surface area contributed by atoms with Gasteiger partial charge in [-0.05, 0) is 6.42 Å². The van der Waals surface area contributed by atoms with Crippen LogP contribution >= 0.6 is 11.3 Å². The zero-order chi connectivity index (χ0) is 13.8. The molecule has 104 valence electrons. The lowest BCUT2D eigenvalue weighted by molar-refractivity contribution is -0.156. The second-order valence-corrected chi connectivity index (χ2v) is 5.33. The lowest BCUT2D eigenvalue weighted by Crippen LogP contribution is -2.53. The van der Waals surface area contributed by atoms with Gasteiger partial charge in [0.1, 0.15) is 5.01 Å². The molecule has 0 spiro atoms. The smallest absolute Gasteiger partial charge is 0.312 e. The van der Waals surface area contributed by atoms with E-state index >= 15 is 0 Å². The summed E-state index contributed by atoms with van der Waals surface area (Å²) in [5, 5.41) is 12.2. The van der Waals surface area contributed by atoms with Crippen molar-refractivity contribution in [2.45, 2.75) is 19.9 Å². The molecule has 8 heteroatoms. The third-order valence-corrected chi connectivity index (χ3v) is 3.82. The van der Waals surface area contributed by atoms with E-state index in [-0.39, 0.29) is 0 Å². The van der Waals surface area contributed by atoms with E-state index < -0.39 is 11.8 Å². The van der Waals surface area contributed by atoms with E-state index in [4.69, 9.17) is 0 Å². The summed E-state index contributed by atoms with van der Waals surface area (Å²) in [6.45, 7) is 4.13. The molecule has 0 unspecified atom stereocenters. The average Bonchev–Trinajstić information content (AvgIpc) is 2.86. The summed E-state index contributed by atoms with van der Waals surface area (Å²) in [6.07, 6.45) is 0.862. The van der Waals surface area contributed by atoms with E-state index in [1.165, 1.54) is 16.2 Å². The van der Waals surface area contributed by atoms with Gasteiger partial charge in [0.2, 0.25) is 5.13 Å². The molecule has 0 saturated carbocycles. The van der Waals surface area contributed by atoms with Crippen molar-refractivity contribution in [3.05, 3.63) is 5.01 Å². The number of aromatic nitrogens is 2. The summed E-state index contributed by atoms with van der Waals surface area (Å²) in [5.74, 6) is -0.854. The first-order valence-corrected chi connectivity index (χ1v) is 7.05. The van der Waals surface area contributed by atoms with Gasteiger partial charge in [-0.25, -0.2) is 0 Å². The fraction of sp³-hybridized carbons (Fsp3) is 0.636. The van der Waals surface area contributed by atoms with Gasteiger partial charge in [0.15, 0.2) is 0 Å². The van der Waals surface area contributed by atoms with Gasteiger partial charge in [0.05, 0.1) is 6.54 Å². The number of piperazine rings is 1. The Balaban J connectivity index is 1.99. The van der Waals surface area contributed by atoms with Crippen LogP contribution < -0.4 is 5.32 Å². The molecule has 1 N–H and O–H groups in total. The zero-order valence-electron chi connectivity index (χ0n) is 11.0. The van der Waals surface area contributed by atoms with E-state index in [2.05, 4.69) is 15.5 Å². The average molecular weight is 283 g/mol. The van der Waals surface area contributed by atoms with E-state index in [1.54, 1.807) is 11.9 Å². The van der Waals surface area contributed by atoms with Crippen molar-refractivity contribution >= 4 is 28.3 Å². The van der Waals surface area contributed by atoms with Crippen LogP contribution in [0.3, 0.4) is 0 Å². The van der Waals surface area contributed by atoms with Crippen LogP contribution in [0.5, 0.6) is 0 Å². The first-order chi connectivity index (χ1) is 9.15. The number of amides is 2. The molecule has 1 fully saturated rings. The summed E-state index contributed by atoms with van der Waals surface area (Å²) >= 11 is 1.39. The Morgan fingerprint density at radius 3 is 2.53 bits per heavy atom. The maximum atomic E-state index is 12.0. The molecule has 0 aromatic carbocycles. The van der Waals surface area contributed by atoms with Crippen molar-refractivity contribution in [3.8, 4) is 0 Å². The van der Waals surface area contributed by atoms with Gasteiger partial charge in [-0.2, -0.15) is 0 Å². The third kappa shape index (κ3) is 3.01. The maximum absolute atomic E-state index is 12.0. The highest BCUT2D eigenvalue weighted by molar-refractivity contribution is 7.15. The van der Waals surface area contributed by atoms with Gasteiger partial charge in [-0.15, -0.1) is 10.2 Å². The van der Waals surface area contributed by atoms with Crippen molar-refractivity contribution in [3.63, 3.8) is 0 Å². The summed E-state index contributed by atoms with van der Waals surface area (Å²) in [5.41, 5.74) is 0. The fourth-order valence-corrected chi connectivity index (χ4v) is 2.64. The predicted octanol–water partition coefficient (Wildman–Crippen LogP) is 0.161. The Morgan fingerprint density at radius 1 is 1.21 bits per heavy atom. The predicted molar refractivity (Wildman–Crippen MR) is 71.7 cm³/mol. The van der Waals surface area contributed by atoms with E-state index in [0.717, 1.165) is 11.4 Å². The third-order valence-electron chi connectivity index (χ3n) is 2.90. The highest BCUT2D eigenvalue weighted by atomic mass is 32.1. The SMILES string of the molecule is CCCN1CCN(Cc2nnc(NC)s2)C(=O)C1=O. The fourth-order valence-electron chi connectivity index (χ4n) is 1.93. The van der Waals surface area contributed by atoms with Gasteiger partial charge in [0, 0.05) is 26.7 Å². The van der Waals surface area contributed by atoms with E-state index in [0.29, 0.717) is 31.3 Å². The molecule has 2 heterocycles. The number of rotatable bonds is 5. The lowest BCUT2D eigenvalue weighted by atomic mass is 10.2. The van der Waals surface area contributed by atoms with Crippen LogP contribution in [0.2, 0.25) is 0 Å². The van der Waals surface area contributed by atoms with Crippen LogP contribution in [0.4, 0.5) is 5.13 Å². The van der Waals surface area contributed by atoms with Crippen LogP contribution in [-0.2, 0) is 16.1 Å². The first kappa shape index (κ1) is 13.7. The van der Waals surface area contributed by atoms with Gasteiger partial charge < -0.3 is 15.1 Å². The largest absolute Gasteiger partial charge is 0.363 e. The topological polar surface area (TPSA) is 78.4 Å². The second-order valence-electron chi connectivity index (χ2n) is 4.27. The van der Waals surface area contributed by atoms with E-state index in [9.17, 15) is 9.59 Å². The lowest BCUT2D eigenvalue weighted by Gasteiger charge is -2.33. The molecule has 1 aliphatic rings. The highest BCUT2D eigenvalue weighted by Gasteiger charge is 2.32. The van der Waals surface area contributed by atoms with Crippen LogP contribution in [0.1, 0.15) is 18.4 Å². The summed E-state index contributed by atoms with van der Waals surface area (Å²) in [6, 6.07) is 0. The number of hydrogen-bond acceptors (Lipinski definition) is 6. The Bertz CT molecular complexity index is 475. The molecule has 0 aliphatic carbocycles. The summed E-state index contributed by atoms with van der Waals surface area (Å²) < 4.78 is 0. The summed E-state index contributed by atoms with van der Waals surface area (Å²) in [7, 11) is 1.77. The summed E-state index contributed by atoms with van der Waals surface area (Å²) in [4.78, 5) is 27.0. The molecule has 2 amide bonds. The molecule has 19 heavy (non-hydrogen) atoms. The number of anilines is 1. The quantitative estimate of drug-likeness (QED) is 0.779. The van der Waals surface area contributed by atoms with Crippen molar-refractivity contribution in [1.82, 2.24) is 20.0 Å². The van der Waals surface area contributed by atoms with Crippen molar-refractivity contribution in [2.24, 2.45) is 0 Å². The highest BCUT2D eigenvalue weighted by Crippen LogP contribution is 2.17. The molecular weight excluding hydrogens is 266 g/mol. The van der Waals surface area contributed by atoms with Gasteiger partial charge in [0.25, 0.3) is 0 Å². The molecule has 0 bridgehead atoms. The molecule has 7 nitrogen and oxygen atoms in total. The molecular formula is C11H17N5O2S. The number of nitrogens with zero attached hydrogens (tertiary/aromatic N) is 4. The van der Waals surface area contributed by atoms with Crippen molar-refractivity contribution < 1.29 is 9.59 Å². The Labute approximate surface area is 115 Å². The minimum absolute atomic E-state index is 0.351. The minimum atomic E-state index is -0.444. The molecule has 0 atom stereocenters. The standard InChI is InChI=1S/C11H17N5O2S/c1-3-4-15-5-6-16(10(18)9(15)17)7-8-13-14-11(12-2)19-8/h3-7H2,1-2H3,(H,12,14). The van der Waals surface area contributed by atoms with Crippen LogP contribution in [-0.4, -0.2) is 58.5 Å². The molecule has 1 aliphatic heterocycles. The number of carbonyl (C=O) groups is 2. The van der Waals surface area contributed by atoms with E-state index in [1.807, 2.05) is 6.92 Å². The maximum Gasteiger partial charge on any atom is 0.312 e. The van der Waals surface area contributed by atoms with Gasteiger partial charge in [-0.1, -0.05) is 18.3 Å². The van der Waals surface area contributed by atoms with Crippen LogP contribution in [0.15, 0.2) is 0 Å². The van der Waals surface area contributed by atoms with Crippen molar-refractivity contribution in [1.29, 1.82) is 0 Å². The van der Waals surface area contributed by atoms with Gasteiger partial charge in [-0.3, -0.25) is 9.59 Å². The van der Waals surface area contributed by atoms with Crippen LogP contribution in [0, 0.1) is 0 Å². The second kappa shape index (κ2) is 5.96. The Hall–Kier alpha value is -1.70.